The zero-order valence-electron chi connectivity index (χ0n) is 11.9. The van der Waals surface area contributed by atoms with Crippen LogP contribution in [0.5, 0.6) is 0 Å². The molecule has 2 aromatic heterocycles. The number of rotatable bonds is 5. The third-order valence-corrected chi connectivity index (χ3v) is 3.31. The van der Waals surface area contributed by atoms with E-state index in [1.54, 1.807) is 43.2 Å². The van der Waals surface area contributed by atoms with Gasteiger partial charge in [-0.15, -0.1) is 0 Å². The lowest BCUT2D eigenvalue weighted by molar-refractivity contribution is 0.0286. The summed E-state index contributed by atoms with van der Waals surface area (Å²) in [6.45, 7) is 5.53. The van der Waals surface area contributed by atoms with Gasteiger partial charge < -0.3 is 18.8 Å². The van der Waals surface area contributed by atoms with Gasteiger partial charge >= 0.3 is 0 Å². The molecule has 0 saturated heterocycles. The minimum atomic E-state index is -0.719. The number of carbonyl (C=O) groups excluding carboxylic acids is 1. The summed E-state index contributed by atoms with van der Waals surface area (Å²) in [5, 5.41) is 9.55. The van der Waals surface area contributed by atoms with Crippen LogP contribution in [-0.4, -0.2) is 28.1 Å². The predicted octanol–water partition coefficient (Wildman–Crippen LogP) is 2.59. The second-order valence-corrected chi connectivity index (χ2v) is 5.37. The van der Waals surface area contributed by atoms with Gasteiger partial charge in [-0.25, -0.2) is 0 Å². The molecule has 0 radical (unpaired) electrons. The monoisotopic (exact) mass is 277 g/mol. The molecule has 5 heteroatoms. The molecule has 1 amide bonds. The third-order valence-electron chi connectivity index (χ3n) is 3.31. The largest absolute Gasteiger partial charge is 0.467 e. The van der Waals surface area contributed by atoms with Gasteiger partial charge in [0.1, 0.15) is 5.76 Å². The van der Waals surface area contributed by atoms with E-state index in [0.717, 1.165) is 5.56 Å². The van der Waals surface area contributed by atoms with Crippen LogP contribution in [0.4, 0.5) is 0 Å². The van der Waals surface area contributed by atoms with E-state index < -0.39 is 5.54 Å². The van der Waals surface area contributed by atoms with Gasteiger partial charge in [0.15, 0.2) is 5.76 Å². The molecular formula is C15H19NO4. The Hall–Kier alpha value is -2.01. The van der Waals surface area contributed by atoms with Gasteiger partial charge in [-0.05, 0) is 39.0 Å². The van der Waals surface area contributed by atoms with Crippen LogP contribution >= 0.6 is 0 Å². The number of carbonyl (C=O) groups is 1. The molecule has 0 bridgehead atoms. The van der Waals surface area contributed by atoms with Gasteiger partial charge in [-0.1, -0.05) is 0 Å². The Balaban J connectivity index is 2.31. The van der Waals surface area contributed by atoms with E-state index in [0.29, 0.717) is 5.76 Å². The number of aryl methyl sites for hydroxylation is 1. The van der Waals surface area contributed by atoms with Crippen molar-refractivity contribution in [3.63, 3.8) is 0 Å². The molecule has 20 heavy (non-hydrogen) atoms. The van der Waals surface area contributed by atoms with E-state index in [1.807, 2.05) is 6.92 Å². The average Bonchev–Trinajstić information content (AvgIpc) is 3.06. The molecule has 0 aliphatic carbocycles. The number of nitrogens with zero attached hydrogens (tertiary/aromatic N) is 1. The Morgan fingerprint density at radius 1 is 1.30 bits per heavy atom. The van der Waals surface area contributed by atoms with Gasteiger partial charge in [0.2, 0.25) is 0 Å². The first kappa shape index (κ1) is 14.4. The number of amides is 1. The SMILES string of the molecule is Cc1ccoc1C(=O)N(Cc1ccco1)C(C)(C)CO. The number of hydrogen-bond acceptors (Lipinski definition) is 4. The zero-order chi connectivity index (χ0) is 14.8. The zero-order valence-corrected chi connectivity index (χ0v) is 11.9. The summed E-state index contributed by atoms with van der Waals surface area (Å²) in [7, 11) is 0. The first-order valence-corrected chi connectivity index (χ1v) is 6.45. The van der Waals surface area contributed by atoms with E-state index in [4.69, 9.17) is 8.83 Å². The number of furan rings is 2. The summed E-state index contributed by atoms with van der Waals surface area (Å²) < 4.78 is 10.6. The van der Waals surface area contributed by atoms with E-state index >= 15 is 0 Å². The van der Waals surface area contributed by atoms with Crippen LogP contribution in [0.15, 0.2) is 39.6 Å². The second-order valence-electron chi connectivity index (χ2n) is 5.37. The van der Waals surface area contributed by atoms with Gasteiger partial charge in [0.25, 0.3) is 5.91 Å². The highest BCUT2D eigenvalue weighted by Gasteiger charge is 2.33. The summed E-state index contributed by atoms with van der Waals surface area (Å²) in [6.07, 6.45) is 3.04. The quantitative estimate of drug-likeness (QED) is 0.912. The van der Waals surface area contributed by atoms with Crippen molar-refractivity contribution in [1.29, 1.82) is 0 Å². The van der Waals surface area contributed by atoms with Crippen LogP contribution in [-0.2, 0) is 6.54 Å². The molecule has 5 nitrogen and oxygen atoms in total. The molecule has 2 rings (SSSR count). The van der Waals surface area contributed by atoms with E-state index in [-0.39, 0.29) is 24.8 Å². The molecule has 0 unspecified atom stereocenters. The van der Waals surface area contributed by atoms with Crippen LogP contribution in [0.25, 0.3) is 0 Å². The van der Waals surface area contributed by atoms with Crippen molar-refractivity contribution in [2.45, 2.75) is 32.9 Å². The highest BCUT2D eigenvalue weighted by atomic mass is 16.3. The van der Waals surface area contributed by atoms with Gasteiger partial charge in [0.05, 0.1) is 31.2 Å². The maximum atomic E-state index is 12.6. The minimum Gasteiger partial charge on any atom is -0.467 e. The Morgan fingerprint density at radius 3 is 2.55 bits per heavy atom. The molecule has 0 fully saturated rings. The Labute approximate surface area is 117 Å². The maximum Gasteiger partial charge on any atom is 0.290 e. The number of aliphatic hydroxyl groups excluding tert-OH is 1. The van der Waals surface area contributed by atoms with Crippen molar-refractivity contribution in [3.8, 4) is 0 Å². The van der Waals surface area contributed by atoms with E-state index in [9.17, 15) is 9.90 Å². The van der Waals surface area contributed by atoms with Crippen molar-refractivity contribution in [2.24, 2.45) is 0 Å². The summed E-state index contributed by atoms with van der Waals surface area (Å²) >= 11 is 0. The van der Waals surface area contributed by atoms with Crippen molar-refractivity contribution < 1.29 is 18.7 Å². The molecular weight excluding hydrogens is 258 g/mol. The summed E-state index contributed by atoms with van der Waals surface area (Å²) in [5.41, 5.74) is 0.0523. The van der Waals surface area contributed by atoms with Crippen molar-refractivity contribution in [2.75, 3.05) is 6.61 Å². The lowest BCUT2D eigenvalue weighted by atomic mass is 10.0. The van der Waals surface area contributed by atoms with Crippen LogP contribution in [0, 0.1) is 6.92 Å². The summed E-state index contributed by atoms with van der Waals surface area (Å²) in [6, 6.07) is 5.30. The van der Waals surface area contributed by atoms with Crippen molar-refractivity contribution in [1.82, 2.24) is 4.90 Å². The number of aliphatic hydroxyl groups is 1. The maximum absolute atomic E-state index is 12.6. The third kappa shape index (κ3) is 2.77. The molecule has 0 aromatic carbocycles. The lowest BCUT2D eigenvalue weighted by Gasteiger charge is -2.36. The Kier molecular flexibility index (Phi) is 3.99. The topological polar surface area (TPSA) is 66.8 Å². The fraction of sp³-hybridized carbons (Fsp3) is 0.400. The van der Waals surface area contributed by atoms with E-state index in [1.165, 1.54) is 6.26 Å². The van der Waals surface area contributed by atoms with Crippen molar-refractivity contribution >= 4 is 5.91 Å². The highest BCUT2D eigenvalue weighted by Crippen LogP contribution is 2.23. The lowest BCUT2D eigenvalue weighted by Crippen LogP contribution is -2.49. The second kappa shape index (κ2) is 5.54. The van der Waals surface area contributed by atoms with Gasteiger partial charge in [-0.2, -0.15) is 0 Å². The fourth-order valence-electron chi connectivity index (χ4n) is 1.92. The standard InChI is InChI=1S/C15H19NO4/c1-11-6-8-20-13(11)14(18)16(15(2,3)10-17)9-12-5-4-7-19-12/h4-8,17H,9-10H2,1-3H3. The Morgan fingerprint density at radius 2 is 2.05 bits per heavy atom. The predicted molar refractivity (Wildman–Crippen MR) is 73.2 cm³/mol. The van der Waals surface area contributed by atoms with Gasteiger partial charge in [0, 0.05) is 5.56 Å². The normalized spacial score (nSPS) is 11.6. The Bertz CT molecular complexity index is 568. The fourth-order valence-corrected chi connectivity index (χ4v) is 1.92. The van der Waals surface area contributed by atoms with Crippen LogP contribution in [0.3, 0.4) is 0 Å². The van der Waals surface area contributed by atoms with Crippen molar-refractivity contribution in [3.05, 3.63) is 47.8 Å². The summed E-state index contributed by atoms with van der Waals surface area (Å²) in [5.74, 6) is 0.685. The van der Waals surface area contributed by atoms with Crippen LogP contribution < -0.4 is 0 Å². The molecule has 0 aliphatic heterocycles. The molecule has 0 atom stereocenters. The first-order chi connectivity index (χ1) is 9.45. The minimum absolute atomic E-state index is 0.154. The van der Waals surface area contributed by atoms with Crippen LogP contribution in [0.1, 0.15) is 35.7 Å². The molecule has 0 spiro atoms. The molecule has 0 aliphatic rings. The van der Waals surface area contributed by atoms with E-state index in [2.05, 4.69) is 0 Å². The van der Waals surface area contributed by atoms with Gasteiger partial charge in [-0.3, -0.25) is 4.79 Å². The average molecular weight is 277 g/mol. The summed E-state index contributed by atoms with van der Waals surface area (Å²) in [4.78, 5) is 14.2. The molecule has 2 heterocycles. The molecule has 0 saturated carbocycles. The first-order valence-electron chi connectivity index (χ1n) is 6.45. The smallest absolute Gasteiger partial charge is 0.290 e. The van der Waals surface area contributed by atoms with Crippen LogP contribution in [0.2, 0.25) is 0 Å². The molecule has 108 valence electrons. The number of hydrogen-bond donors (Lipinski definition) is 1. The molecule has 2 aromatic rings. The molecule has 1 N–H and O–H groups in total. The highest BCUT2D eigenvalue weighted by molar-refractivity contribution is 5.93.